The van der Waals surface area contributed by atoms with Crippen LogP contribution in [-0.4, -0.2) is 29.6 Å². The summed E-state index contributed by atoms with van der Waals surface area (Å²) in [6.07, 6.45) is 1.67. The molecule has 0 spiro atoms. The average molecular weight is 292 g/mol. The van der Waals surface area contributed by atoms with E-state index in [0.29, 0.717) is 6.54 Å². The molecule has 110 valence electrons. The number of nitrogens with zero attached hydrogens (tertiary/aromatic N) is 3. The fourth-order valence-corrected chi connectivity index (χ4v) is 3.31. The maximum Gasteiger partial charge on any atom is 0.141 e. The SMILES string of the molecule is CCN(CC(C)(C)CN)c1ncnc2sc(C)c(C)c12. The molecule has 2 N–H and O–H groups in total. The molecule has 0 fully saturated rings. The maximum absolute atomic E-state index is 5.88. The number of hydrogen-bond acceptors (Lipinski definition) is 5. The monoisotopic (exact) mass is 292 g/mol. The predicted octanol–water partition coefficient (Wildman–Crippen LogP) is 3.12. The highest BCUT2D eigenvalue weighted by molar-refractivity contribution is 7.18. The number of rotatable bonds is 5. The molecule has 2 rings (SSSR count). The Bertz CT molecular complexity index is 603. The predicted molar refractivity (Wildman–Crippen MR) is 87.6 cm³/mol. The molecule has 4 nitrogen and oxygen atoms in total. The molecule has 0 unspecified atom stereocenters. The van der Waals surface area contributed by atoms with Gasteiger partial charge in [0, 0.05) is 18.0 Å². The van der Waals surface area contributed by atoms with E-state index in [1.165, 1.54) is 15.8 Å². The van der Waals surface area contributed by atoms with Crippen molar-refractivity contribution < 1.29 is 0 Å². The normalized spacial score (nSPS) is 12.1. The molecule has 0 aromatic carbocycles. The van der Waals surface area contributed by atoms with Gasteiger partial charge in [0.1, 0.15) is 17.0 Å². The van der Waals surface area contributed by atoms with Gasteiger partial charge >= 0.3 is 0 Å². The van der Waals surface area contributed by atoms with Crippen molar-refractivity contribution in [3.63, 3.8) is 0 Å². The van der Waals surface area contributed by atoms with Gasteiger partial charge in [0.05, 0.1) is 5.39 Å². The summed E-state index contributed by atoms with van der Waals surface area (Å²) in [5, 5.41) is 1.20. The zero-order valence-electron chi connectivity index (χ0n) is 13.0. The summed E-state index contributed by atoms with van der Waals surface area (Å²) in [5.41, 5.74) is 7.25. The minimum atomic E-state index is 0.0756. The van der Waals surface area contributed by atoms with E-state index in [4.69, 9.17) is 5.73 Å². The van der Waals surface area contributed by atoms with Gasteiger partial charge in [0.25, 0.3) is 0 Å². The highest BCUT2D eigenvalue weighted by atomic mass is 32.1. The highest BCUT2D eigenvalue weighted by Crippen LogP contribution is 2.35. The van der Waals surface area contributed by atoms with Crippen LogP contribution in [0.1, 0.15) is 31.2 Å². The molecule has 0 aliphatic carbocycles. The topological polar surface area (TPSA) is 55.0 Å². The summed E-state index contributed by atoms with van der Waals surface area (Å²) >= 11 is 1.74. The van der Waals surface area contributed by atoms with Gasteiger partial charge in [-0.1, -0.05) is 13.8 Å². The molecule has 5 heteroatoms. The molecule has 0 amide bonds. The molecule has 0 radical (unpaired) electrons. The third kappa shape index (κ3) is 2.79. The van der Waals surface area contributed by atoms with Crippen molar-refractivity contribution in [3.8, 4) is 0 Å². The molecule has 20 heavy (non-hydrogen) atoms. The first kappa shape index (κ1) is 15.2. The Morgan fingerprint density at radius 2 is 2.00 bits per heavy atom. The Balaban J connectivity index is 2.49. The second kappa shape index (κ2) is 5.66. The van der Waals surface area contributed by atoms with Crippen LogP contribution in [0.25, 0.3) is 10.2 Å². The third-order valence-electron chi connectivity index (χ3n) is 3.80. The van der Waals surface area contributed by atoms with Crippen molar-refractivity contribution in [2.45, 2.75) is 34.6 Å². The standard InChI is InChI=1S/C15H24N4S/c1-6-19(8-15(4,5)7-16)13-12-10(2)11(3)20-14(12)18-9-17-13/h9H,6-8,16H2,1-5H3. The van der Waals surface area contributed by atoms with Gasteiger partial charge in [-0.25, -0.2) is 9.97 Å². The van der Waals surface area contributed by atoms with Crippen LogP contribution in [0.2, 0.25) is 0 Å². The lowest BCUT2D eigenvalue weighted by Crippen LogP contribution is -2.39. The molecule has 0 bridgehead atoms. The van der Waals surface area contributed by atoms with Crippen molar-refractivity contribution in [1.82, 2.24) is 9.97 Å². The first-order chi connectivity index (χ1) is 9.39. The van der Waals surface area contributed by atoms with Gasteiger partial charge in [-0.2, -0.15) is 0 Å². The number of aromatic nitrogens is 2. The van der Waals surface area contributed by atoms with Gasteiger partial charge in [-0.3, -0.25) is 0 Å². The van der Waals surface area contributed by atoms with Gasteiger partial charge in [-0.15, -0.1) is 11.3 Å². The van der Waals surface area contributed by atoms with Crippen LogP contribution in [-0.2, 0) is 0 Å². The molecule has 0 aliphatic heterocycles. The first-order valence-corrected chi connectivity index (χ1v) is 7.87. The van der Waals surface area contributed by atoms with Gasteiger partial charge in [0.15, 0.2) is 0 Å². The zero-order chi connectivity index (χ0) is 14.9. The van der Waals surface area contributed by atoms with E-state index in [9.17, 15) is 0 Å². The van der Waals surface area contributed by atoms with Crippen molar-refractivity contribution in [1.29, 1.82) is 0 Å². The average Bonchev–Trinajstić information content (AvgIpc) is 2.72. The second-order valence-electron chi connectivity index (χ2n) is 6.04. The molecule has 0 atom stereocenters. The lowest BCUT2D eigenvalue weighted by Gasteiger charge is -2.32. The quantitative estimate of drug-likeness (QED) is 0.920. The van der Waals surface area contributed by atoms with Crippen LogP contribution in [0.3, 0.4) is 0 Å². The van der Waals surface area contributed by atoms with Crippen molar-refractivity contribution in [3.05, 3.63) is 16.8 Å². The Labute approximate surface area is 125 Å². The van der Waals surface area contributed by atoms with Gasteiger partial charge < -0.3 is 10.6 Å². The molecule has 0 saturated carbocycles. The summed E-state index contributed by atoms with van der Waals surface area (Å²) in [5.74, 6) is 1.04. The van der Waals surface area contributed by atoms with E-state index in [1.807, 2.05) is 0 Å². The van der Waals surface area contributed by atoms with Crippen molar-refractivity contribution in [2.75, 3.05) is 24.5 Å². The van der Waals surface area contributed by atoms with Crippen LogP contribution in [0, 0.1) is 19.3 Å². The second-order valence-corrected chi connectivity index (χ2v) is 7.25. The summed E-state index contributed by atoms with van der Waals surface area (Å²) < 4.78 is 0. The lowest BCUT2D eigenvalue weighted by atomic mass is 9.93. The Hall–Kier alpha value is -1.20. The van der Waals surface area contributed by atoms with Gasteiger partial charge in [-0.05, 0) is 38.3 Å². The zero-order valence-corrected chi connectivity index (χ0v) is 13.8. The first-order valence-electron chi connectivity index (χ1n) is 7.05. The van der Waals surface area contributed by atoms with E-state index >= 15 is 0 Å². The number of aryl methyl sites for hydroxylation is 2. The van der Waals surface area contributed by atoms with Crippen molar-refractivity contribution in [2.24, 2.45) is 11.1 Å². The van der Waals surface area contributed by atoms with E-state index in [2.05, 4.69) is 49.5 Å². The minimum Gasteiger partial charge on any atom is -0.356 e. The molecule has 2 aromatic rings. The van der Waals surface area contributed by atoms with Crippen molar-refractivity contribution >= 4 is 27.4 Å². The minimum absolute atomic E-state index is 0.0756. The summed E-state index contributed by atoms with van der Waals surface area (Å²) in [6, 6.07) is 0. The Morgan fingerprint density at radius 3 is 2.60 bits per heavy atom. The van der Waals surface area contributed by atoms with Crippen LogP contribution in [0.5, 0.6) is 0 Å². The fraction of sp³-hybridized carbons (Fsp3) is 0.600. The van der Waals surface area contributed by atoms with E-state index < -0.39 is 0 Å². The molecule has 0 saturated heterocycles. The molecule has 2 heterocycles. The van der Waals surface area contributed by atoms with Crippen LogP contribution in [0.4, 0.5) is 5.82 Å². The molecular formula is C15H24N4S. The van der Waals surface area contributed by atoms with E-state index in [1.54, 1.807) is 17.7 Å². The number of hydrogen-bond donors (Lipinski definition) is 1. The number of nitrogens with two attached hydrogens (primary N) is 1. The van der Waals surface area contributed by atoms with Crippen LogP contribution >= 0.6 is 11.3 Å². The molecule has 2 aromatic heterocycles. The molecular weight excluding hydrogens is 268 g/mol. The van der Waals surface area contributed by atoms with E-state index in [0.717, 1.165) is 23.7 Å². The molecule has 0 aliphatic rings. The van der Waals surface area contributed by atoms with Crippen LogP contribution in [0.15, 0.2) is 6.33 Å². The summed E-state index contributed by atoms with van der Waals surface area (Å²) in [7, 11) is 0. The largest absolute Gasteiger partial charge is 0.356 e. The number of thiophene rings is 1. The Kier molecular flexibility index (Phi) is 4.30. The Morgan fingerprint density at radius 1 is 1.30 bits per heavy atom. The van der Waals surface area contributed by atoms with Gasteiger partial charge in [0.2, 0.25) is 0 Å². The fourth-order valence-electron chi connectivity index (χ4n) is 2.32. The smallest absolute Gasteiger partial charge is 0.141 e. The number of anilines is 1. The number of fused-ring (bicyclic) bond motifs is 1. The van der Waals surface area contributed by atoms with E-state index in [-0.39, 0.29) is 5.41 Å². The summed E-state index contributed by atoms with van der Waals surface area (Å²) in [6.45, 7) is 13.3. The lowest BCUT2D eigenvalue weighted by molar-refractivity contribution is 0.379. The third-order valence-corrected chi connectivity index (χ3v) is 4.91. The highest BCUT2D eigenvalue weighted by Gasteiger charge is 2.23. The summed E-state index contributed by atoms with van der Waals surface area (Å²) in [4.78, 5) is 13.7. The van der Waals surface area contributed by atoms with Crippen LogP contribution < -0.4 is 10.6 Å². The maximum atomic E-state index is 5.88.